The van der Waals surface area contributed by atoms with Gasteiger partial charge in [0.2, 0.25) is 5.91 Å². The second-order valence-corrected chi connectivity index (χ2v) is 7.79. The third-order valence-corrected chi connectivity index (χ3v) is 4.90. The first-order valence-corrected chi connectivity index (χ1v) is 10.6. The zero-order chi connectivity index (χ0) is 19.9. The van der Waals surface area contributed by atoms with Crippen LogP contribution in [0.3, 0.4) is 0 Å². The molecule has 0 fully saturated rings. The molecule has 27 heavy (non-hydrogen) atoms. The number of amides is 1. The molecule has 0 bridgehead atoms. The zero-order valence-electron chi connectivity index (χ0n) is 17.1. The van der Waals surface area contributed by atoms with Gasteiger partial charge in [0.1, 0.15) is 0 Å². The van der Waals surface area contributed by atoms with Crippen LogP contribution >= 0.6 is 0 Å². The SMILES string of the molecule is CC(C)NC(=O)CCCC=CC[C@H]1[C@H](C=CCCCCCCO)C=C[C@H]1O. The van der Waals surface area contributed by atoms with E-state index in [-0.39, 0.29) is 24.0 Å². The van der Waals surface area contributed by atoms with Crippen molar-refractivity contribution >= 4 is 5.91 Å². The van der Waals surface area contributed by atoms with E-state index in [1.165, 1.54) is 0 Å². The van der Waals surface area contributed by atoms with Crippen LogP contribution in [-0.4, -0.2) is 34.9 Å². The molecular formula is C23H39NO3. The third-order valence-electron chi connectivity index (χ3n) is 4.90. The van der Waals surface area contributed by atoms with E-state index in [9.17, 15) is 9.90 Å². The molecule has 1 aliphatic rings. The lowest BCUT2D eigenvalue weighted by molar-refractivity contribution is -0.121. The molecule has 3 atom stereocenters. The van der Waals surface area contributed by atoms with Crippen molar-refractivity contribution in [3.8, 4) is 0 Å². The van der Waals surface area contributed by atoms with E-state index in [0.29, 0.717) is 18.9 Å². The van der Waals surface area contributed by atoms with Crippen LogP contribution in [-0.2, 0) is 4.79 Å². The summed E-state index contributed by atoms with van der Waals surface area (Å²) in [6.45, 7) is 4.24. The van der Waals surface area contributed by atoms with E-state index in [1.807, 2.05) is 19.9 Å². The molecule has 4 nitrogen and oxygen atoms in total. The van der Waals surface area contributed by atoms with Crippen LogP contribution in [0.5, 0.6) is 0 Å². The maximum absolute atomic E-state index is 11.6. The van der Waals surface area contributed by atoms with E-state index >= 15 is 0 Å². The summed E-state index contributed by atoms with van der Waals surface area (Å²) in [6.07, 6.45) is 21.0. The Bertz CT molecular complexity index is 482. The molecule has 1 rings (SSSR count). The predicted molar refractivity (Wildman–Crippen MR) is 112 cm³/mol. The predicted octanol–water partition coefficient (Wildman–Crippen LogP) is 4.29. The fourth-order valence-electron chi connectivity index (χ4n) is 3.39. The van der Waals surface area contributed by atoms with E-state index in [0.717, 1.165) is 51.4 Å². The van der Waals surface area contributed by atoms with Crippen LogP contribution in [0.25, 0.3) is 0 Å². The van der Waals surface area contributed by atoms with Gasteiger partial charge < -0.3 is 15.5 Å². The fourth-order valence-corrected chi connectivity index (χ4v) is 3.39. The molecule has 0 saturated heterocycles. The van der Waals surface area contributed by atoms with Gasteiger partial charge >= 0.3 is 0 Å². The lowest BCUT2D eigenvalue weighted by Gasteiger charge is -2.18. The van der Waals surface area contributed by atoms with Gasteiger partial charge in [-0.15, -0.1) is 0 Å². The van der Waals surface area contributed by atoms with Gasteiger partial charge in [-0.25, -0.2) is 0 Å². The number of carbonyl (C=O) groups is 1. The van der Waals surface area contributed by atoms with Crippen LogP contribution in [0.4, 0.5) is 0 Å². The highest BCUT2D eigenvalue weighted by Crippen LogP contribution is 2.30. The first-order chi connectivity index (χ1) is 13.0. The first kappa shape index (κ1) is 23.6. The summed E-state index contributed by atoms with van der Waals surface area (Å²) in [6, 6.07) is 0.204. The Balaban J connectivity index is 2.22. The highest BCUT2D eigenvalue weighted by molar-refractivity contribution is 5.76. The molecule has 0 saturated carbocycles. The first-order valence-electron chi connectivity index (χ1n) is 10.6. The van der Waals surface area contributed by atoms with E-state index in [1.54, 1.807) is 0 Å². The molecule has 0 spiro atoms. The number of nitrogens with one attached hydrogen (secondary N) is 1. The minimum absolute atomic E-state index is 0.121. The molecule has 3 N–H and O–H groups in total. The number of hydrogen-bond acceptors (Lipinski definition) is 3. The summed E-state index contributed by atoms with van der Waals surface area (Å²) in [5.74, 6) is 0.644. The summed E-state index contributed by atoms with van der Waals surface area (Å²) in [4.78, 5) is 11.6. The van der Waals surface area contributed by atoms with Gasteiger partial charge in [-0.2, -0.15) is 0 Å². The van der Waals surface area contributed by atoms with Crippen molar-refractivity contribution in [3.05, 3.63) is 36.5 Å². The van der Waals surface area contributed by atoms with Crippen molar-refractivity contribution in [2.24, 2.45) is 11.8 Å². The maximum atomic E-state index is 11.6. The average Bonchev–Trinajstić information content (AvgIpc) is 2.96. The smallest absolute Gasteiger partial charge is 0.220 e. The molecule has 1 aliphatic carbocycles. The van der Waals surface area contributed by atoms with Gasteiger partial charge in [-0.05, 0) is 52.4 Å². The molecule has 0 aliphatic heterocycles. The third kappa shape index (κ3) is 11.1. The molecule has 0 radical (unpaired) electrons. The standard InChI is InChI=1S/C23H39NO3/c1-19(2)24-23(27)15-11-7-6-10-14-21-20(16-17-22(21)26)13-9-5-3-4-8-12-18-25/h6,9-10,13,16-17,19-22,25-26H,3-5,7-8,11-12,14-15,18H2,1-2H3,(H,24,27)/t20-,21+,22-/m1/s1. The molecule has 4 heteroatoms. The fraction of sp³-hybridized carbons (Fsp3) is 0.696. The van der Waals surface area contributed by atoms with Crippen LogP contribution in [0.2, 0.25) is 0 Å². The van der Waals surface area contributed by atoms with E-state index < -0.39 is 0 Å². The van der Waals surface area contributed by atoms with Crippen LogP contribution < -0.4 is 5.32 Å². The molecule has 1 amide bonds. The largest absolute Gasteiger partial charge is 0.396 e. The minimum Gasteiger partial charge on any atom is -0.396 e. The molecule has 0 aromatic rings. The topological polar surface area (TPSA) is 69.6 Å². The molecule has 0 aromatic heterocycles. The Kier molecular flexibility index (Phi) is 12.8. The number of carbonyl (C=O) groups excluding carboxylic acids is 1. The molecule has 0 heterocycles. The summed E-state index contributed by atoms with van der Waals surface area (Å²) in [7, 11) is 0. The Morgan fingerprint density at radius 2 is 1.78 bits per heavy atom. The Morgan fingerprint density at radius 1 is 1.04 bits per heavy atom. The molecular weight excluding hydrogens is 338 g/mol. The van der Waals surface area contributed by atoms with Crippen molar-refractivity contribution in [2.45, 2.75) is 83.8 Å². The summed E-state index contributed by atoms with van der Waals surface area (Å²) >= 11 is 0. The average molecular weight is 378 g/mol. The quantitative estimate of drug-likeness (QED) is 0.312. The number of aliphatic hydroxyl groups excluding tert-OH is 2. The second kappa shape index (κ2) is 14.6. The summed E-state index contributed by atoms with van der Waals surface area (Å²) in [5, 5.41) is 21.9. The lowest BCUT2D eigenvalue weighted by atomic mass is 9.90. The summed E-state index contributed by atoms with van der Waals surface area (Å²) < 4.78 is 0. The van der Waals surface area contributed by atoms with E-state index in [2.05, 4.69) is 35.7 Å². The van der Waals surface area contributed by atoms with Crippen molar-refractivity contribution < 1.29 is 15.0 Å². The number of allylic oxidation sites excluding steroid dienone is 5. The number of aliphatic hydroxyl groups is 2. The van der Waals surface area contributed by atoms with Gasteiger partial charge in [-0.1, -0.05) is 49.3 Å². The van der Waals surface area contributed by atoms with Crippen LogP contribution in [0, 0.1) is 11.8 Å². The van der Waals surface area contributed by atoms with Gasteiger partial charge in [0.15, 0.2) is 0 Å². The van der Waals surface area contributed by atoms with Crippen molar-refractivity contribution in [1.29, 1.82) is 0 Å². The highest BCUT2D eigenvalue weighted by atomic mass is 16.3. The molecule has 154 valence electrons. The lowest BCUT2D eigenvalue weighted by Crippen LogP contribution is -2.29. The molecule has 0 aromatic carbocycles. The summed E-state index contributed by atoms with van der Waals surface area (Å²) in [5.41, 5.74) is 0. The van der Waals surface area contributed by atoms with Crippen molar-refractivity contribution in [2.75, 3.05) is 6.61 Å². The van der Waals surface area contributed by atoms with Crippen LogP contribution in [0.15, 0.2) is 36.5 Å². The normalized spacial score (nSPS) is 22.5. The van der Waals surface area contributed by atoms with E-state index in [4.69, 9.17) is 5.11 Å². The van der Waals surface area contributed by atoms with Gasteiger partial charge in [0.05, 0.1) is 6.10 Å². The zero-order valence-corrected chi connectivity index (χ0v) is 17.1. The Morgan fingerprint density at radius 3 is 2.52 bits per heavy atom. The van der Waals surface area contributed by atoms with Gasteiger partial charge in [0.25, 0.3) is 0 Å². The number of unbranched alkanes of at least 4 members (excludes halogenated alkanes) is 5. The van der Waals surface area contributed by atoms with Gasteiger partial charge in [0, 0.05) is 30.9 Å². The number of hydrogen-bond donors (Lipinski definition) is 3. The van der Waals surface area contributed by atoms with Crippen molar-refractivity contribution in [1.82, 2.24) is 5.32 Å². The Hall–Kier alpha value is -1.39. The number of rotatable bonds is 14. The minimum atomic E-state index is -0.370. The maximum Gasteiger partial charge on any atom is 0.220 e. The molecule has 0 unspecified atom stereocenters. The Labute approximate surface area is 165 Å². The van der Waals surface area contributed by atoms with Gasteiger partial charge in [-0.3, -0.25) is 4.79 Å². The second-order valence-electron chi connectivity index (χ2n) is 7.79. The van der Waals surface area contributed by atoms with Crippen molar-refractivity contribution in [3.63, 3.8) is 0 Å². The highest BCUT2D eigenvalue weighted by Gasteiger charge is 2.27. The monoisotopic (exact) mass is 377 g/mol. The van der Waals surface area contributed by atoms with Crippen LogP contribution in [0.1, 0.15) is 71.6 Å².